The van der Waals surface area contributed by atoms with E-state index in [2.05, 4.69) is 18.8 Å². The molecule has 0 aromatic heterocycles. The first-order chi connectivity index (χ1) is 7.45. The Morgan fingerprint density at radius 1 is 1.06 bits per heavy atom. The number of hydrogen-bond acceptors (Lipinski definition) is 2. The molecule has 0 bridgehead atoms. The van der Waals surface area contributed by atoms with E-state index in [9.17, 15) is 0 Å². The monoisotopic (exact) mass is 357 g/mol. The van der Waals surface area contributed by atoms with Gasteiger partial charge in [-0.05, 0) is 26.7 Å². The van der Waals surface area contributed by atoms with Crippen LogP contribution in [0.2, 0.25) is 0 Å². The molecule has 0 spiro atoms. The molecule has 104 valence electrons. The van der Waals surface area contributed by atoms with Crippen molar-refractivity contribution >= 4 is 29.9 Å². The topological polar surface area (TPSA) is 28.1 Å². The minimum Gasteiger partial charge on any atom is -0.379 e. The summed E-state index contributed by atoms with van der Waals surface area (Å²) in [4.78, 5) is 8.62. The smallest absolute Gasteiger partial charge is 0.195 e. The van der Waals surface area contributed by atoms with Crippen molar-refractivity contribution in [3.8, 4) is 0 Å². The average Bonchev–Trinajstić information content (AvgIpc) is 2.14. The van der Waals surface area contributed by atoms with E-state index < -0.39 is 0 Å². The summed E-state index contributed by atoms with van der Waals surface area (Å²) >= 11 is 0. The molecule has 0 saturated carbocycles. The van der Waals surface area contributed by atoms with Gasteiger partial charge in [-0.3, -0.25) is 4.99 Å². The molecule has 0 atom stereocenters. The lowest BCUT2D eigenvalue weighted by molar-refractivity contribution is 0.0763. The first-order valence-corrected chi connectivity index (χ1v) is 5.95. The van der Waals surface area contributed by atoms with Gasteiger partial charge in [-0.15, -0.1) is 24.0 Å². The maximum absolute atomic E-state index is 5.47. The van der Waals surface area contributed by atoms with Crippen LogP contribution in [0, 0.1) is 0 Å². The Morgan fingerprint density at radius 2 is 1.59 bits per heavy atom. The van der Waals surface area contributed by atoms with Gasteiger partial charge in [0.25, 0.3) is 0 Å². The summed E-state index contributed by atoms with van der Waals surface area (Å²) in [6.45, 7) is 5.84. The van der Waals surface area contributed by atoms with E-state index in [0.717, 1.165) is 32.0 Å². The SMILES string of the molecule is CC(C)OCCCCN=C(N(C)C)N(C)C.I. The molecule has 17 heavy (non-hydrogen) atoms. The number of unbranched alkanes of at least 4 members (excludes halogenated alkanes) is 1. The molecule has 0 radical (unpaired) electrons. The Hall–Kier alpha value is -0.0400. The molecule has 0 saturated heterocycles. The van der Waals surface area contributed by atoms with Crippen LogP contribution in [0.5, 0.6) is 0 Å². The lowest BCUT2D eigenvalue weighted by Crippen LogP contribution is -2.35. The maximum atomic E-state index is 5.47. The average molecular weight is 357 g/mol. The van der Waals surface area contributed by atoms with Crippen LogP contribution in [0.3, 0.4) is 0 Å². The van der Waals surface area contributed by atoms with Crippen molar-refractivity contribution in [2.75, 3.05) is 41.3 Å². The standard InChI is InChI=1S/C12H27N3O.HI/c1-11(2)16-10-8-7-9-13-12(14(3)4)15(5)6;/h11H,7-10H2,1-6H3;1H. The maximum Gasteiger partial charge on any atom is 0.195 e. The lowest BCUT2D eigenvalue weighted by Gasteiger charge is -2.22. The first kappa shape index (κ1) is 19.3. The fourth-order valence-corrected chi connectivity index (χ4v) is 1.39. The van der Waals surface area contributed by atoms with Gasteiger partial charge in [0.2, 0.25) is 0 Å². The molecule has 0 amide bonds. The van der Waals surface area contributed by atoms with Gasteiger partial charge < -0.3 is 14.5 Å². The second-order valence-corrected chi connectivity index (χ2v) is 4.60. The predicted molar refractivity (Wildman–Crippen MR) is 85.4 cm³/mol. The van der Waals surface area contributed by atoms with E-state index in [0.29, 0.717) is 6.10 Å². The zero-order chi connectivity index (χ0) is 12.6. The van der Waals surface area contributed by atoms with E-state index in [4.69, 9.17) is 4.74 Å². The van der Waals surface area contributed by atoms with Crippen molar-refractivity contribution in [2.24, 2.45) is 4.99 Å². The van der Waals surface area contributed by atoms with Crippen LogP contribution in [0.25, 0.3) is 0 Å². The van der Waals surface area contributed by atoms with Crippen LogP contribution < -0.4 is 0 Å². The van der Waals surface area contributed by atoms with E-state index in [1.165, 1.54) is 0 Å². The van der Waals surface area contributed by atoms with E-state index in [1.54, 1.807) is 0 Å². The van der Waals surface area contributed by atoms with Gasteiger partial charge in [0.05, 0.1) is 6.10 Å². The summed E-state index contributed by atoms with van der Waals surface area (Å²) in [6.07, 6.45) is 2.50. The summed E-state index contributed by atoms with van der Waals surface area (Å²) in [6, 6.07) is 0. The van der Waals surface area contributed by atoms with Gasteiger partial charge >= 0.3 is 0 Å². The zero-order valence-corrected chi connectivity index (χ0v) is 14.4. The van der Waals surface area contributed by atoms with Gasteiger partial charge in [0.1, 0.15) is 0 Å². The van der Waals surface area contributed by atoms with Crippen LogP contribution in [-0.4, -0.2) is 63.2 Å². The molecule has 0 N–H and O–H groups in total. The van der Waals surface area contributed by atoms with Gasteiger partial charge in [0, 0.05) is 41.3 Å². The second kappa shape index (κ2) is 11.1. The normalized spacial score (nSPS) is 9.82. The quantitative estimate of drug-likeness (QED) is 0.316. The van der Waals surface area contributed by atoms with Crippen molar-refractivity contribution < 1.29 is 4.74 Å². The highest BCUT2D eigenvalue weighted by Gasteiger charge is 2.02. The molecule has 0 aliphatic carbocycles. The summed E-state index contributed by atoms with van der Waals surface area (Å²) in [5.41, 5.74) is 0. The largest absolute Gasteiger partial charge is 0.379 e. The summed E-state index contributed by atoms with van der Waals surface area (Å²) in [5, 5.41) is 0. The van der Waals surface area contributed by atoms with Crippen molar-refractivity contribution in [3.05, 3.63) is 0 Å². The fourth-order valence-electron chi connectivity index (χ4n) is 1.39. The third-order valence-electron chi connectivity index (χ3n) is 2.06. The van der Waals surface area contributed by atoms with Crippen LogP contribution in [0.4, 0.5) is 0 Å². The third-order valence-corrected chi connectivity index (χ3v) is 2.06. The van der Waals surface area contributed by atoms with E-state index in [-0.39, 0.29) is 24.0 Å². The molecule has 5 heteroatoms. The molecule has 0 aliphatic rings. The molecule has 4 nitrogen and oxygen atoms in total. The van der Waals surface area contributed by atoms with Crippen molar-refractivity contribution in [2.45, 2.75) is 32.8 Å². The highest BCUT2D eigenvalue weighted by Crippen LogP contribution is 1.96. The van der Waals surface area contributed by atoms with Crippen LogP contribution in [-0.2, 0) is 4.74 Å². The molecule has 0 aromatic rings. The molecule has 0 fully saturated rings. The highest BCUT2D eigenvalue weighted by atomic mass is 127. The lowest BCUT2D eigenvalue weighted by atomic mass is 10.3. The number of hydrogen-bond donors (Lipinski definition) is 0. The Kier molecular flexibility index (Phi) is 12.6. The van der Waals surface area contributed by atoms with Crippen molar-refractivity contribution in [3.63, 3.8) is 0 Å². The summed E-state index contributed by atoms with van der Waals surface area (Å²) < 4.78 is 5.47. The third kappa shape index (κ3) is 10.8. The van der Waals surface area contributed by atoms with E-state index >= 15 is 0 Å². The first-order valence-electron chi connectivity index (χ1n) is 5.95. The van der Waals surface area contributed by atoms with Crippen molar-refractivity contribution in [1.82, 2.24) is 9.80 Å². The van der Waals surface area contributed by atoms with Crippen LogP contribution in [0.15, 0.2) is 4.99 Å². The molecular formula is C12H28IN3O. The number of ether oxygens (including phenoxy) is 1. The molecule has 0 heterocycles. The number of guanidine groups is 1. The number of rotatable bonds is 6. The van der Waals surface area contributed by atoms with Gasteiger partial charge in [-0.25, -0.2) is 0 Å². The number of halogens is 1. The zero-order valence-electron chi connectivity index (χ0n) is 12.1. The minimum absolute atomic E-state index is 0. The molecule has 0 aliphatic heterocycles. The van der Waals surface area contributed by atoms with E-state index in [1.807, 2.05) is 38.0 Å². The molecule has 0 aromatic carbocycles. The minimum atomic E-state index is 0. The van der Waals surface area contributed by atoms with Gasteiger partial charge in [-0.1, -0.05) is 0 Å². The molecular weight excluding hydrogens is 329 g/mol. The van der Waals surface area contributed by atoms with Crippen LogP contribution >= 0.6 is 24.0 Å². The second-order valence-electron chi connectivity index (χ2n) is 4.60. The molecule has 0 unspecified atom stereocenters. The van der Waals surface area contributed by atoms with Crippen LogP contribution in [0.1, 0.15) is 26.7 Å². The number of aliphatic imine (C=N–C) groups is 1. The Labute approximate surface area is 123 Å². The van der Waals surface area contributed by atoms with Gasteiger partial charge in [0.15, 0.2) is 5.96 Å². The number of nitrogens with zero attached hydrogens (tertiary/aromatic N) is 3. The Balaban J connectivity index is 0. The predicted octanol–water partition coefficient (Wildman–Crippen LogP) is 2.29. The Bertz CT molecular complexity index is 196. The van der Waals surface area contributed by atoms with Gasteiger partial charge in [-0.2, -0.15) is 0 Å². The molecule has 0 rings (SSSR count). The highest BCUT2D eigenvalue weighted by molar-refractivity contribution is 14.0. The summed E-state index contributed by atoms with van der Waals surface area (Å²) in [5.74, 6) is 1.02. The fraction of sp³-hybridized carbons (Fsp3) is 0.917. The van der Waals surface area contributed by atoms with Crippen molar-refractivity contribution in [1.29, 1.82) is 0 Å². The Morgan fingerprint density at radius 3 is 2.00 bits per heavy atom. The summed E-state index contributed by atoms with van der Waals surface area (Å²) in [7, 11) is 8.06.